The summed E-state index contributed by atoms with van der Waals surface area (Å²) in [5.74, 6) is 1.22. The Bertz CT molecular complexity index is 505. The number of nitrogens with two attached hydrogens (primary N) is 1. The summed E-state index contributed by atoms with van der Waals surface area (Å²) in [5.41, 5.74) is 6.89. The summed E-state index contributed by atoms with van der Waals surface area (Å²) in [6.07, 6.45) is 7.61. The number of nitrogens with zero attached hydrogens (tertiary/aromatic N) is 3. The first-order valence-corrected chi connectivity index (χ1v) is 6.29. The van der Waals surface area contributed by atoms with Gasteiger partial charge in [0.25, 0.3) is 0 Å². The van der Waals surface area contributed by atoms with Gasteiger partial charge in [0.05, 0.1) is 0 Å². The number of piperidine rings is 1. The molecule has 1 aliphatic rings. The molecule has 3 rings (SSSR count). The third-order valence-corrected chi connectivity index (χ3v) is 3.60. The molecule has 2 aromatic heterocycles. The molecular formula is C13H18N4. The molecular weight excluding hydrogens is 212 g/mol. The molecule has 1 unspecified atom stereocenters. The van der Waals surface area contributed by atoms with Crippen molar-refractivity contribution in [2.75, 3.05) is 18.0 Å². The van der Waals surface area contributed by atoms with Gasteiger partial charge in [0.15, 0.2) is 0 Å². The molecule has 1 fully saturated rings. The molecule has 1 aliphatic heterocycles. The second kappa shape index (κ2) is 4.37. The van der Waals surface area contributed by atoms with E-state index < -0.39 is 0 Å². The van der Waals surface area contributed by atoms with Crippen molar-refractivity contribution >= 4 is 11.5 Å². The van der Waals surface area contributed by atoms with Gasteiger partial charge in [0.2, 0.25) is 0 Å². The van der Waals surface area contributed by atoms with Crippen LogP contribution in [0.15, 0.2) is 30.6 Å². The van der Waals surface area contributed by atoms with Crippen molar-refractivity contribution in [3.63, 3.8) is 0 Å². The van der Waals surface area contributed by atoms with E-state index in [9.17, 15) is 0 Å². The maximum Gasteiger partial charge on any atom is 0.138 e. The molecule has 3 heterocycles. The molecule has 1 atom stereocenters. The number of fused-ring (bicyclic) bond motifs is 1. The van der Waals surface area contributed by atoms with E-state index in [0.29, 0.717) is 6.04 Å². The Morgan fingerprint density at radius 2 is 2.29 bits per heavy atom. The minimum absolute atomic E-state index is 0.469. The van der Waals surface area contributed by atoms with Crippen LogP contribution in [-0.4, -0.2) is 28.5 Å². The van der Waals surface area contributed by atoms with E-state index >= 15 is 0 Å². The van der Waals surface area contributed by atoms with Gasteiger partial charge in [-0.3, -0.25) is 4.40 Å². The van der Waals surface area contributed by atoms with Crippen molar-refractivity contribution in [2.45, 2.75) is 25.3 Å². The fourth-order valence-electron chi connectivity index (χ4n) is 2.71. The maximum absolute atomic E-state index is 5.88. The smallest absolute Gasteiger partial charge is 0.138 e. The van der Waals surface area contributed by atoms with Crippen LogP contribution in [-0.2, 0) is 0 Å². The molecule has 0 amide bonds. The van der Waals surface area contributed by atoms with E-state index in [2.05, 4.69) is 26.4 Å². The molecule has 0 aliphatic carbocycles. The monoisotopic (exact) mass is 230 g/mol. The largest absolute Gasteiger partial charge is 0.353 e. The Hall–Kier alpha value is -1.55. The van der Waals surface area contributed by atoms with Crippen molar-refractivity contribution in [3.8, 4) is 0 Å². The van der Waals surface area contributed by atoms with Crippen molar-refractivity contribution in [1.29, 1.82) is 0 Å². The van der Waals surface area contributed by atoms with Crippen LogP contribution in [0.5, 0.6) is 0 Å². The molecule has 4 heteroatoms. The number of rotatable bonds is 2. The lowest BCUT2D eigenvalue weighted by Gasteiger charge is -2.37. The molecule has 2 N–H and O–H groups in total. The van der Waals surface area contributed by atoms with E-state index in [0.717, 1.165) is 18.7 Å². The lowest BCUT2D eigenvalue weighted by Crippen LogP contribution is -2.44. The zero-order valence-corrected chi connectivity index (χ0v) is 9.92. The average molecular weight is 230 g/mol. The van der Waals surface area contributed by atoms with Gasteiger partial charge in [-0.15, -0.1) is 0 Å². The Morgan fingerprint density at radius 3 is 3.18 bits per heavy atom. The van der Waals surface area contributed by atoms with E-state index in [1.165, 1.54) is 25.1 Å². The maximum atomic E-state index is 5.88. The van der Waals surface area contributed by atoms with Crippen LogP contribution in [0.1, 0.15) is 19.3 Å². The first kappa shape index (κ1) is 10.6. The first-order valence-electron chi connectivity index (χ1n) is 6.29. The van der Waals surface area contributed by atoms with Gasteiger partial charge in [-0.05, 0) is 31.4 Å². The van der Waals surface area contributed by atoms with E-state index in [1.54, 1.807) is 0 Å². The molecule has 90 valence electrons. The molecule has 0 aromatic carbocycles. The summed E-state index contributed by atoms with van der Waals surface area (Å²) in [7, 11) is 0. The topological polar surface area (TPSA) is 46.6 Å². The first-order chi connectivity index (χ1) is 8.40. The highest BCUT2D eigenvalue weighted by molar-refractivity contribution is 5.52. The van der Waals surface area contributed by atoms with Crippen LogP contribution >= 0.6 is 0 Å². The fraction of sp³-hybridized carbons (Fsp3) is 0.462. The van der Waals surface area contributed by atoms with Crippen LogP contribution in [0, 0.1) is 0 Å². The summed E-state index contributed by atoms with van der Waals surface area (Å²) in [4.78, 5) is 6.76. The molecule has 0 radical (unpaired) electrons. The van der Waals surface area contributed by atoms with Gasteiger partial charge in [-0.2, -0.15) is 0 Å². The van der Waals surface area contributed by atoms with Crippen LogP contribution in [0.4, 0.5) is 5.82 Å². The lowest BCUT2D eigenvalue weighted by atomic mass is 10.0. The van der Waals surface area contributed by atoms with E-state index in [-0.39, 0.29) is 0 Å². The predicted octanol–water partition coefficient (Wildman–Crippen LogP) is 1.65. The van der Waals surface area contributed by atoms with Crippen LogP contribution in [0.3, 0.4) is 0 Å². The molecule has 0 bridgehead atoms. The van der Waals surface area contributed by atoms with Gasteiger partial charge in [0, 0.05) is 31.5 Å². The summed E-state index contributed by atoms with van der Waals surface area (Å²) in [5, 5.41) is 0. The standard InChI is InChI=1S/C13H18N4/c14-10-11-4-1-2-8-16(11)13-6-3-5-12-15-7-9-17(12)13/h3,5-7,9,11H,1-2,4,8,10,14H2. The highest BCUT2D eigenvalue weighted by Gasteiger charge is 2.22. The third kappa shape index (κ3) is 1.78. The molecule has 4 nitrogen and oxygen atoms in total. The van der Waals surface area contributed by atoms with Crippen molar-refractivity contribution < 1.29 is 0 Å². The zero-order valence-electron chi connectivity index (χ0n) is 9.92. The van der Waals surface area contributed by atoms with Gasteiger partial charge < -0.3 is 10.6 Å². The second-order valence-corrected chi connectivity index (χ2v) is 4.62. The molecule has 17 heavy (non-hydrogen) atoms. The summed E-state index contributed by atoms with van der Waals surface area (Å²) < 4.78 is 2.15. The Kier molecular flexibility index (Phi) is 2.73. The normalized spacial score (nSPS) is 21.0. The number of hydrogen-bond donors (Lipinski definition) is 1. The van der Waals surface area contributed by atoms with Gasteiger partial charge in [0.1, 0.15) is 11.5 Å². The van der Waals surface area contributed by atoms with E-state index in [1.807, 2.05) is 18.5 Å². The van der Waals surface area contributed by atoms with E-state index in [4.69, 9.17) is 5.73 Å². The molecule has 0 saturated carbocycles. The van der Waals surface area contributed by atoms with Crippen molar-refractivity contribution in [3.05, 3.63) is 30.6 Å². The van der Waals surface area contributed by atoms with Gasteiger partial charge in [-0.1, -0.05) is 6.07 Å². The van der Waals surface area contributed by atoms with Crippen molar-refractivity contribution in [1.82, 2.24) is 9.38 Å². The van der Waals surface area contributed by atoms with Crippen LogP contribution in [0.2, 0.25) is 0 Å². The predicted molar refractivity (Wildman–Crippen MR) is 69.2 cm³/mol. The Labute approximate surface area is 101 Å². The Balaban J connectivity index is 2.04. The highest BCUT2D eigenvalue weighted by atomic mass is 15.3. The van der Waals surface area contributed by atoms with Gasteiger partial charge in [-0.25, -0.2) is 4.98 Å². The summed E-state index contributed by atoms with van der Waals surface area (Å²) >= 11 is 0. The fourth-order valence-corrected chi connectivity index (χ4v) is 2.71. The third-order valence-electron chi connectivity index (χ3n) is 3.60. The minimum atomic E-state index is 0.469. The lowest BCUT2D eigenvalue weighted by molar-refractivity contribution is 0.461. The van der Waals surface area contributed by atoms with Crippen molar-refractivity contribution in [2.24, 2.45) is 5.73 Å². The number of imidazole rings is 1. The SMILES string of the molecule is NCC1CCCCN1c1cccc2nccn12. The molecule has 0 spiro atoms. The minimum Gasteiger partial charge on any atom is -0.353 e. The quantitative estimate of drug-likeness (QED) is 0.853. The van der Waals surface area contributed by atoms with Gasteiger partial charge >= 0.3 is 0 Å². The molecule has 1 saturated heterocycles. The van der Waals surface area contributed by atoms with Crippen LogP contribution < -0.4 is 10.6 Å². The number of hydrogen-bond acceptors (Lipinski definition) is 3. The number of aromatic nitrogens is 2. The average Bonchev–Trinajstić information content (AvgIpc) is 2.86. The highest BCUT2D eigenvalue weighted by Crippen LogP contribution is 2.24. The number of pyridine rings is 1. The zero-order chi connectivity index (χ0) is 11.7. The Morgan fingerprint density at radius 1 is 1.35 bits per heavy atom. The van der Waals surface area contributed by atoms with Crippen LogP contribution in [0.25, 0.3) is 5.65 Å². The summed E-state index contributed by atoms with van der Waals surface area (Å²) in [6.45, 7) is 1.82. The number of anilines is 1. The second-order valence-electron chi connectivity index (χ2n) is 4.62. The molecule has 2 aromatic rings. The summed E-state index contributed by atoms with van der Waals surface area (Å²) in [6, 6.07) is 6.73.